The minimum atomic E-state index is -0.760. The number of nitrogens with one attached hydrogen (secondary N) is 1. The van der Waals surface area contributed by atoms with Gasteiger partial charge < -0.3 is 0 Å². The molecule has 0 fully saturated rings. The monoisotopic (exact) mass is 440 g/mol. The van der Waals surface area contributed by atoms with Gasteiger partial charge in [-0.05, 0) is 40.4 Å². The lowest BCUT2D eigenvalue weighted by Crippen LogP contribution is -2.37. The molecule has 7 rings (SSSR count). The number of benzene rings is 5. The second kappa shape index (κ2) is 5.47. The van der Waals surface area contributed by atoms with Crippen LogP contribution in [0.4, 0.5) is 8.78 Å². The Kier molecular flexibility index (Phi) is 3.01. The van der Waals surface area contributed by atoms with Gasteiger partial charge >= 0.3 is 0 Å². The van der Waals surface area contributed by atoms with E-state index in [-0.39, 0.29) is 43.8 Å². The molecule has 0 saturated carbocycles. The summed E-state index contributed by atoms with van der Waals surface area (Å²) in [5.41, 5.74) is 0.417. The molecule has 0 unspecified atom stereocenters. The van der Waals surface area contributed by atoms with Crippen LogP contribution in [-0.4, -0.2) is 35.6 Å². The molecule has 5 aromatic carbocycles. The third-order valence-electron chi connectivity index (χ3n) is 6.79. The summed E-state index contributed by atoms with van der Waals surface area (Å²) < 4.78 is 31.2. The van der Waals surface area contributed by atoms with Crippen LogP contribution < -0.4 is 5.32 Å². The number of nitrogens with zero attached hydrogens (tertiary/aromatic N) is 1. The summed E-state index contributed by atoms with van der Waals surface area (Å²) in [6.45, 7) is 0. The molecule has 158 valence electrons. The smallest absolute Gasteiger partial charge is 0.261 e. The third kappa shape index (κ3) is 1.89. The molecule has 2 heterocycles. The second-order valence-electron chi connectivity index (χ2n) is 8.34. The maximum Gasteiger partial charge on any atom is 0.261 e. The van der Waals surface area contributed by atoms with Crippen molar-refractivity contribution < 1.29 is 28.0 Å². The quantitative estimate of drug-likeness (QED) is 0.223. The van der Waals surface area contributed by atoms with Gasteiger partial charge in [-0.25, -0.2) is 8.78 Å². The van der Waals surface area contributed by atoms with Gasteiger partial charge in [0.1, 0.15) is 11.6 Å². The molecule has 0 atom stereocenters. The van der Waals surface area contributed by atoms with Crippen molar-refractivity contribution in [1.82, 2.24) is 10.2 Å². The van der Waals surface area contributed by atoms with Gasteiger partial charge in [-0.15, -0.1) is 0 Å². The molecule has 0 aromatic heterocycles. The van der Waals surface area contributed by atoms with Crippen molar-refractivity contribution in [1.29, 1.82) is 0 Å². The number of halogens is 2. The number of carbonyl (C=O) groups is 4. The fourth-order valence-electron chi connectivity index (χ4n) is 5.42. The first-order valence-electron chi connectivity index (χ1n) is 10.1. The van der Waals surface area contributed by atoms with E-state index >= 15 is 8.78 Å². The Labute approximate surface area is 182 Å². The van der Waals surface area contributed by atoms with Gasteiger partial charge in [0.25, 0.3) is 23.6 Å². The van der Waals surface area contributed by atoms with Crippen molar-refractivity contribution in [3.05, 3.63) is 70.3 Å². The topological polar surface area (TPSA) is 83.6 Å². The largest absolute Gasteiger partial charge is 0.288 e. The van der Waals surface area contributed by atoms with Crippen LogP contribution in [-0.2, 0) is 0 Å². The minimum absolute atomic E-state index is 0.0202. The average molecular weight is 440 g/mol. The fraction of sp³-hybridized carbons (Fsp3) is 0.0400. The van der Waals surface area contributed by atoms with E-state index in [4.69, 9.17) is 0 Å². The maximum atomic E-state index is 15.6. The average Bonchev–Trinajstić information content (AvgIpc) is 2.79. The summed E-state index contributed by atoms with van der Waals surface area (Å²) >= 11 is 0. The first-order chi connectivity index (χ1) is 15.8. The van der Waals surface area contributed by atoms with E-state index in [1.54, 1.807) is 12.1 Å². The Hall–Kier alpha value is -4.46. The van der Waals surface area contributed by atoms with Crippen LogP contribution in [0, 0.1) is 11.6 Å². The second-order valence-corrected chi connectivity index (χ2v) is 8.34. The lowest BCUT2D eigenvalue weighted by molar-refractivity contribution is 0.0649. The van der Waals surface area contributed by atoms with E-state index in [1.807, 2.05) is 0 Å². The highest BCUT2D eigenvalue weighted by molar-refractivity contribution is 6.41. The van der Waals surface area contributed by atoms with Gasteiger partial charge in [-0.3, -0.25) is 29.4 Å². The molecule has 0 spiro atoms. The van der Waals surface area contributed by atoms with Crippen molar-refractivity contribution in [2.75, 3.05) is 7.05 Å². The Morgan fingerprint density at radius 3 is 1.55 bits per heavy atom. The molecule has 0 aliphatic carbocycles. The third-order valence-corrected chi connectivity index (χ3v) is 6.79. The standard InChI is InChI=1S/C25H10F2N2O4/c1-29-24(32)12-6-14(26)19-8-2-4-10-17-11(23(31)28-22(10)30)5-3-9(16(8)17)20-15(27)7-13(25(29)33)18(12)21(19)20/h2-7H,1H3,(H,28,30,31). The highest BCUT2D eigenvalue weighted by Gasteiger charge is 2.35. The van der Waals surface area contributed by atoms with E-state index in [2.05, 4.69) is 5.32 Å². The molecule has 0 radical (unpaired) electrons. The van der Waals surface area contributed by atoms with E-state index in [9.17, 15) is 19.2 Å². The van der Waals surface area contributed by atoms with Gasteiger partial charge in [0.2, 0.25) is 0 Å². The number of hydrogen-bond donors (Lipinski definition) is 1. The Balaban J connectivity index is 1.85. The van der Waals surface area contributed by atoms with Crippen LogP contribution in [0.5, 0.6) is 0 Å². The highest BCUT2D eigenvalue weighted by atomic mass is 19.1. The summed E-state index contributed by atoms with van der Waals surface area (Å²) in [6, 6.07) is 8.21. The normalized spacial score (nSPS) is 15.5. The van der Waals surface area contributed by atoms with Crippen LogP contribution in [0.3, 0.4) is 0 Å². The van der Waals surface area contributed by atoms with Gasteiger partial charge in [0.15, 0.2) is 0 Å². The van der Waals surface area contributed by atoms with Crippen LogP contribution in [0.1, 0.15) is 41.4 Å². The van der Waals surface area contributed by atoms with Crippen molar-refractivity contribution in [3.8, 4) is 0 Å². The number of fused-ring (bicyclic) bond motifs is 2. The Morgan fingerprint density at radius 2 is 1.06 bits per heavy atom. The van der Waals surface area contributed by atoms with Crippen LogP contribution in [0.25, 0.3) is 43.1 Å². The summed E-state index contributed by atoms with van der Waals surface area (Å²) in [4.78, 5) is 51.3. The lowest BCUT2D eigenvalue weighted by Gasteiger charge is -2.27. The molecule has 8 heteroatoms. The molecular formula is C25H10F2N2O4. The number of imide groups is 2. The fourth-order valence-corrected chi connectivity index (χ4v) is 5.42. The summed E-state index contributed by atoms with van der Waals surface area (Å²) in [7, 11) is 1.27. The zero-order chi connectivity index (χ0) is 22.9. The first-order valence-corrected chi connectivity index (χ1v) is 10.1. The SMILES string of the molecule is CN1C(=O)c2cc(F)c3c4ccc5c6c(ccc(c7c(F)cc(c2c37)C1=O)c64)C(=O)NC5=O. The molecule has 0 bridgehead atoms. The zero-order valence-electron chi connectivity index (χ0n) is 16.8. The van der Waals surface area contributed by atoms with Crippen molar-refractivity contribution >= 4 is 66.7 Å². The first kappa shape index (κ1) is 18.1. The molecule has 4 amide bonds. The lowest BCUT2D eigenvalue weighted by atomic mass is 9.82. The highest BCUT2D eigenvalue weighted by Crippen LogP contribution is 2.47. The molecule has 2 aliphatic rings. The predicted molar refractivity (Wildman–Crippen MR) is 116 cm³/mol. The van der Waals surface area contributed by atoms with Gasteiger partial charge in [-0.1, -0.05) is 12.1 Å². The van der Waals surface area contributed by atoms with Crippen molar-refractivity contribution in [2.24, 2.45) is 0 Å². The van der Waals surface area contributed by atoms with E-state index < -0.39 is 35.3 Å². The number of amides is 4. The zero-order valence-corrected chi connectivity index (χ0v) is 16.8. The van der Waals surface area contributed by atoms with Gasteiger partial charge in [0.05, 0.1) is 11.1 Å². The van der Waals surface area contributed by atoms with Gasteiger partial charge in [0, 0.05) is 45.1 Å². The Bertz CT molecular complexity index is 1730. The molecule has 1 N–H and O–H groups in total. The summed E-state index contributed by atoms with van der Waals surface area (Å²) in [5.74, 6) is -4.05. The van der Waals surface area contributed by atoms with Crippen LogP contribution in [0.2, 0.25) is 0 Å². The number of rotatable bonds is 0. The molecule has 33 heavy (non-hydrogen) atoms. The number of hydrogen-bond acceptors (Lipinski definition) is 4. The number of carbonyl (C=O) groups excluding carboxylic acids is 4. The molecule has 5 aromatic rings. The Morgan fingerprint density at radius 1 is 0.606 bits per heavy atom. The molecule has 0 saturated heterocycles. The maximum absolute atomic E-state index is 15.6. The van der Waals surface area contributed by atoms with Gasteiger partial charge in [-0.2, -0.15) is 0 Å². The van der Waals surface area contributed by atoms with Crippen molar-refractivity contribution in [3.63, 3.8) is 0 Å². The minimum Gasteiger partial charge on any atom is -0.288 e. The van der Waals surface area contributed by atoms with E-state index in [0.717, 1.165) is 17.0 Å². The summed E-state index contributed by atoms with van der Waals surface area (Å²) in [5, 5.41) is 4.09. The summed E-state index contributed by atoms with van der Waals surface area (Å²) in [6.07, 6.45) is 0. The predicted octanol–water partition coefficient (Wildman–Crippen LogP) is 4.12. The molecule has 6 nitrogen and oxygen atoms in total. The van der Waals surface area contributed by atoms with E-state index in [1.165, 1.54) is 19.2 Å². The van der Waals surface area contributed by atoms with Crippen LogP contribution in [0.15, 0.2) is 36.4 Å². The van der Waals surface area contributed by atoms with E-state index in [0.29, 0.717) is 21.5 Å². The van der Waals surface area contributed by atoms with Crippen molar-refractivity contribution in [2.45, 2.75) is 0 Å². The molecular weight excluding hydrogens is 430 g/mol. The molecule has 2 aliphatic heterocycles. The van der Waals surface area contributed by atoms with Crippen LogP contribution >= 0.6 is 0 Å².